The van der Waals surface area contributed by atoms with Crippen molar-refractivity contribution < 1.29 is 9.59 Å². The lowest BCUT2D eigenvalue weighted by Crippen LogP contribution is -2.37. The number of nitrogens with one attached hydrogen (secondary N) is 1. The molecule has 29 heavy (non-hydrogen) atoms. The Labute approximate surface area is 170 Å². The molecular formula is C22H27N5O2. The first-order valence-electron chi connectivity index (χ1n) is 9.92. The van der Waals surface area contributed by atoms with Gasteiger partial charge in [-0.25, -0.2) is 0 Å². The molecule has 2 aromatic rings. The molecule has 0 saturated carbocycles. The van der Waals surface area contributed by atoms with Gasteiger partial charge in [0, 0.05) is 63.0 Å². The number of carbonyl (C=O) groups is 2. The number of hydrogen-bond donors (Lipinski definition) is 1. The summed E-state index contributed by atoms with van der Waals surface area (Å²) in [5, 5.41) is 7.18. The molecule has 152 valence electrons. The van der Waals surface area contributed by atoms with E-state index in [0.29, 0.717) is 26.2 Å². The smallest absolute Gasteiger partial charge is 0.247 e. The van der Waals surface area contributed by atoms with Gasteiger partial charge in [0.25, 0.3) is 0 Å². The first-order valence-corrected chi connectivity index (χ1v) is 9.92. The molecule has 1 N–H and O–H groups in total. The summed E-state index contributed by atoms with van der Waals surface area (Å²) in [7, 11) is 1.96. The minimum atomic E-state index is -0.222. The highest BCUT2D eigenvalue weighted by Gasteiger charge is 2.35. The summed E-state index contributed by atoms with van der Waals surface area (Å²) in [6, 6.07) is 1.97. The van der Waals surface area contributed by atoms with Gasteiger partial charge in [0.1, 0.15) is 0 Å². The fourth-order valence-corrected chi connectivity index (χ4v) is 4.38. The molecule has 0 fully saturated rings. The minimum Gasteiger partial charge on any atom is -0.357 e. The molecule has 1 unspecified atom stereocenters. The number of hydrogen-bond acceptors (Lipinski definition) is 3. The number of carbonyl (C=O) groups excluding carboxylic acids is 2. The van der Waals surface area contributed by atoms with Crippen LogP contribution in [0.3, 0.4) is 0 Å². The van der Waals surface area contributed by atoms with Crippen LogP contribution in [0.4, 0.5) is 0 Å². The molecule has 0 aliphatic carbocycles. The summed E-state index contributed by atoms with van der Waals surface area (Å²) in [5.41, 5.74) is 6.23. The highest BCUT2D eigenvalue weighted by atomic mass is 16.2. The van der Waals surface area contributed by atoms with Crippen molar-refractivity contribution in [2.45, 2.75) is 26.7 Å². The van der Waals surface area contributed by atoms with Gasteiger partial charge in [-0.15, -0.1) is 0 Å². The molecule has 7 nitrogen and oxygen atoms in total. The molecule has 1 atom stereocenters. The summed E-state index contributed by atoms with van der Waals surface area (Å²) in [5.74, 6) is -0.0895. The Balaban J connectivity index is 1.35. The highest BCUT2D eigenvalue weighted by molar-refractivity contribution is 5.92. The van der Waals surface area contributed by atoms with Crippen LogP contribution >= 0.6 is 0 Å². The molecule has 0 radical (unpaired) electrons. The van der Waals surface area contributed by atoms with Crippen LogP contribution in [0.15, 0.2) is 35.7 Å². The number of rotatable bonds is 4. The summed E-state index contributed by atoms with van der Waals surface area (Å²) in [4.78, 5) is 29.3. The van der Waals surface area contributed by atoms with E-state index < -0.39 is 0 Å². The van der Waals surface area contributed by atoms with E-state index in [1.54, 1.807) is 6.08 Å². The molecule has 2 amide bonds. The van der Waals surface area contributed by atoms with E-state index in [1.165, 1.54) is 11.1 Å². The van der Waals surface area contributed by atoms with Crippen LogP contribution in [0.5, 0.6) is 0 Å². The number of H-pyrrole nitrogens is 1. The molecule has 2 aromatic heterocycles. The molecule has 4 rings (SSSR count). The lowest BCUT2D eigenvalue weighted by Gasteiger charge is -2.25. The van der Waals surface area contributed by atoms with Crippen LogP contribution in [0.25, 0.3) is 6.08 Å². The van der Waals surface area contributed by atoms with E-state index >= 15 is 0 Å². The topological polar surface area (TPSA) is 74.2 Å². The van der Waals surface area contributed by atoms with Crippen LogP contribution in [0.1, 0.15) is 35.4 Å². The van der Waals surface area contributed by atoms with Gasteiger partial charge in [0.15, 0.2) is 0 Å². The molecule has 2 aliphatic rings. The van der Waals surface area contributed by atoms with Crippen molar-refractivity contribution >= 4 is 17.9 Å². The van der Waals surface area contributed by atoms with Crippen molar-refractivity contribution in [2.24, 2.45) is 7.05 Å². The van der Waals surface area contributed by atoms with Crippen LogP contribution in [-0.4, -0.2) is 62.6 Å². The molecule has 0 bridgehead atoms. The summed E-state index contributed by atoms with van der Waals surface area (Å²) < 4.78 is 1.95. The lowest BCUT2D eigenvalue weighted by atomic mass is 9.98. The van der Waals surface area contributed by atoms with Gasteiger partial charge in [-0.05, 0) is 49.6 Å². The third kappa shape index (κ3) is 3.64. The van der Waals surface area contributed by atoms with Crippen molar-refractivity contribution in [1.82, 2.24) is 24.6 Å². The Hall–Kier alpha value is -3.09. The first-order chi connectivity index (χ1) is 13.8. The van der Waals surface area contributed by atoms with E-state index in [-0.39, 0.29) is 17.7 Å². The van der Waals surface area contributed by atoms with Crippen LogP contribution in [-0.2, 0) is 16.6 Å². The van der Waals surface area contributed by atoms with Gasteiger partial charge in [-0.3, -0.25) is 14.7 Å². The summed E-state index contributed by atoms with van der Waals surface area (Å²) in [6.45, 7) is 8.26. The van der Waals surface area contributed by atoms with Gasteiger partial charge in [0.05, 0.1) is 11.6 Å². The Morgan fingerprint density at radius 2 is 1.79 bits per heavy atom. The largest absolute Gasteiger partial charge is 0.357 e. The van der Waals surface area contributed by atoms with Crippen molar-refractivity contribution in [1.29, 1.82) is 0 Å². The Morgan fingerprint density at radius 3 is 2.34 bits per heavy atom. The van der Waals surface area contributed by atoms with E-state index in [2.05, 4.69) is 10.2 Å². The Morgan fingerprint density at radius 1 is 1.14 bits per heavy atom. The van der Waals surface area contributed by atoms with Crippen molar-refractivity contribution in [3.63, 3.8) is 0 Å². The Bertz CT molecular complexity index is 988. The maximum absolute atomic E-state index is 13.0. The molecule has 4 heterocycles. The van der Waals surface area contributed by atoms with Crippen LogP contribution in [0, 0.1) is 13.8 Å². The molecule has 0 spiro atoms. The van der Waals surface area contributed by atoms with Crippen LogP contribution in [0.2, 0.25) is 0 Å². The predicted octanol–water partition coefficient (Wildman–Crippen LogP) is 2.16. The second-order valence-corrected chi connectivity index (χ2v) is 8.11. The Kier molecular flexibility index (Phi) is 4.90. The van der Waals surface area contributed by atoms with Gasteiger partial charge in [-0.2, -0.15) is 5.10 Å². The predicted molar refractivity (Wildman–Crippen MR) is 111 cm³/mol. The molecule has 0 saturated heterocycles. The fourth-order valence-electron chi connectivity index (χ4n) is 4.38. The lowest BCUT2D eigenvalue weighted by molar-refractivity contribution is -0.131. The fraction of sp³-hybridized carbons (Fsp3) is 0.409. The number of aromatic nitrogens is 3. The molecule has 7 heteroatoms. The first kappa shape index (κ1) is 19.2. The van der Waals surface area contributed by atoms with E-state index in [1.807, 2.05) is 66.7 Å². The van der Waals surface area contributed by atoms with Crippen LogP contribution < -0.4 is 0 Å². The summed E-state index contributed by atoms with van der Waals surface area (Å²) in [6.07, 6.45) is 7.40. The number of aromatic amines is 1. The second-order valence-electron chi connectivity index (χ2n) is 8.11. The quantitative estimate of drug-likeness (QED) is 0.639. The van der Waals surface area contributed by atoms with Gasteiger partial charge >= 0.3 is 0 Å². The average Bonchev–Trinajstić information content (AvgIpc) is 3.43. The SMILES string of the molecule is Cc1n[nH]c(C)c1C(C)C(=O)N1CC2=C(CN(C(=O)/C=C/c3ccn(C)c3)C2)C1. The second kappa shape index (κ2) is 7.39. The number of aryl methyl sites for hydroxylation is 3. The average molecular weight is 393 g/mol. The number of nitrogens with zero attached hydrogens (tertiary/aromatic N) is 4. The third-order valence-electron chi connectivity index (χ3n) is 5.91. The number of amides is 2. The zero-order chi connectivity index (χ0) is 20.7. The highest BCUT2D eigenvalue weighted by Crippen LogP contribution is 2.30. The maximum atomic E-state index is 13.0. The standard InChI is InChI=1S/C22H27N5O2/c1-14(21-15(2)23-24-16(21)3)22(29)27-12-18-10-26(11-19(18)13-27)20(28)6-5-17-7-8-25(4)9-17/h5-9,14H,10-13H2,1-4H3,(H,23,24)/b6-5+. The maximum Gasteiger partial charge on any atom is 0.247 e. The van der Waals surface area contributed by atoms with E-state index in [9.17, 15) is 9.59 Å². The zero-order valence-electron chi connectivity index (χ0n) is 17.4. The molecule has 0 aromatic carbocycles. The minimum absolute atomic E-state index is 0.0131. The zero-order valence-corrected chi connectivity index (χ0v) is 17.4. The van der Waals surface area contributed by atoms with Gasteiger partial charge in [-0.1, -0.05) is 0 Å². The van der Waals surface area contributed by atoms with E-state index in [4.69, 9.17) is 0 Å². The van der Waals surface area contributed by atoms with Gasteiger partial charge < -0.3 is 14.4 Å². The third-order valence-corrected chi connectivity index (χ3v) is 5.91. The normalized spacial score (nSPS) is 17.5. The van der Waals surface area contributed by atoms with E-state index in [0.717, 1.165) is 22.5 Å². The monoisotopic (exact) mass is 393 g/mol. The van der Waals surface area contributed by atoms with Crippen molar-refractivity contribution in [3.8, 4) is 0 Å². The van der Waals surface area contributed by atoms with Gasteiger partial charge in [0.2, 0.25) is 11.8 Å². The molecular weight excluding hydrogens is 366 g/mol. The van der Waals surface area contributed by atoms with Crippen molar-refractivity contribution in [3.05, 3.63) is 58.2 Å². The van der Waals surface area contributed by atoms with Crippen molar-refractivity contribution in [2.75, 3.05) is 26.2 Å². The molecule has 2 aliphatic heterocycles. The summed E-state index contributed by atoms with van der Waals surface area (Å²) >= 11 is 0.